The van der Waals surface area contributed by atoms with E-state index in [0.29, 0.717) is 33.4 Å². The average molecular weight is 357 g/mol. The van der Waals surface area contributed by atoms with Crippen LogP contribution in [-0.2, 0) is 0 Å². The molecule has 126 valence electrons. The molecule has 4 rings (SSSR count). The van der Waals surface area contributed by atoms with E-state index in [1.807, 2.05) is 18.2 Å². The Morgan fingerprint density at radius 2 is 1.84 bits per heavy atom. The second-order valence-corrected chi connectivity index (χ2v) is 5.72. The Morgan fingerprint density at radius 3 is 2.60 bits per heavy atom. The second kappa shape index (κ2) is 5.78. The number of rotatable bonds is 3. The zero-order chi connectivity index (χ0) is 17.6. The smallest absolute Gasteiger partial charge is 0.267 e. The monoisotopic (exact) mass is 356 g/mol. The number of ether oxygens (including phenoxy) is 2. The van der Waals surface area contributed by atoms with Crippen molar-refractivity contribution in [2.45, 2.75) is 0 Å². The van der Waals surface area contributed by atoms with Gasteiger partial charge in [-0.1, -0.05) is 23.7 Å². The molecule has 0 saturated carbocycles. The number of halogens is 1. The van der Waals surface area contributed by atoms with E-state index in [1.165, 1.54) is 18.8 Å². The van der Waals surface area contributed by atoms with Crippen LogP contribution < -0.4 is 15.0 Å². The van der Waals surface area contributed by atoms with Gasteiger partial charge in [-0.15, -0.1) is 10.2 Å². The minimum absolute atomic E-state index is 0.237. The Bertz CT molecular complexity index is 1170. The molecular formula is C17H13ClN4O3. The van der Waals surface area contributed by atoms with Gasteiger partial charge in [0.05, 0.1) is 35.8 Å². The van der Waals surface area contributed by atoms with E-state index >= 15 is 0 Å². The van der Waals surface area contributed by atoms with Crippen molar-refractivity contribution >= 4 is 28.3 Å². The molecule has 2 aromatic heterocycles. The highest BCUT2D eigenvalue weighted by molar-refractivity contribution is 6.32. The summed E-state index contributed by atoms with van der Waals surface area (Å²) in [7, 11) is 3.02. The van der Waals surface area contributed by atoms with Crippen LogP contribution in [0.3, 0.4) is 0 Å². The summed E-state index contributed by atoms with van der Waals surface area (Å²) >= 11 is 6.17. The highest BCUT2D eigenvalue weighted by Crippen LogP contribution is 2.34. The van der Waals surface area contributed by atoms with Crippen LogP contribution in [0.2, 0.25) is 5.02 Å². The van der Waals surface area contributed by atoms with Crippen molar-refractivity contribution in [3.63, 3.8) is 0 Å². The number of nitrogens with zero attached hydrogens (tertiary/aromatic N) is 4. The van der Waals surface area contributed by atoms with Crippen LogP contribution in [-0.4, -0.2) is 33.4 Å². The number of para-hydroxylation sites is 1. The average Bonchev–Trinajstić information content (AvgIpc) is 3.12. The van der Waals surface area contributed by atoms with E-state index in [1.54, 1.807) is 28.9 Å². The summed E-state index contributed by atoms with van der Waals surface area (Å²) in [6.07, 6.45) is 1.56. The Hall–Kier alpha value is -3.06. The molecule has 25 heavy (non-hydrogen) atoms. The lowest BCUT2D eigenvalue weighted by molar-refractivity contribution is 0.401. The van der Waals surface area contributed by atoms with Gasteiger partial charge in [-0.2, -0.15) is 0 Å². The maximum atomic E-state index is 13.1. The van der Waals surface area contributed by atoms with Crippen molar-refractivity contribution in [2.24, 2.45) is 0 Å². The van der Waals surface area contributed by atoms with Crippen LogP contribution in [0.25, 0.3) is 22.4 Å². The molecule has 0 atom stereocenters. The molecule has 2 heterocycles. The molecule has 0 saturated heterocycles. The fraction of sp³-hybridized carbons (Fsp3) is 0.118. The van der Waals surface area contributed by atoms with Crippen molar-refractivity contribution in [2.75, 3.05) is 14.2 Å². The number of hydrogen-bond acceptors (Lipinski definition) is 5. The zero-order valence-electron chi connectivity index (χ0n) is 13.4. The highest BCUT2D eigenvalue weighted by atomic mass is 35.5. The maximum absolute atomic E-state index is 13.1. The van der Waals surface area contributed by atoms with Gasteiger partial charge in [0.2, 0.25) is 5.78 Å². The second-order valence-electron chi connectivity index (χ2n) is 5.32. The molecular weight excluding hydrogens is 344 g/mol. The van der Waals surface area contributed by atoms with E-state index < -0.39 is 0 Å². The molecule has 4 aromatic rings. The third-order valence-electron chi connectivity index (χ3n) is 4.02. The lowest BCUT2D eigenvalue weighted by Crippen LogP contribution is -2.22. The van der Waals surface area contributed by atoms with Gasteiger partial charge in [0.15, 0.2) is 0 Å². The van der Waals surface area contributed by atoms with Crippen LogP contribution in [0, 0.1) is 0 Å². The molecule has 0 N–H and O–H groups in total. The molecule has 0 aliphatic rings. The van der Waals surface area contributed by atoms with E-state index in [9.17, 15) is 4.79 Å². The number of aromatic nitrogens is 4. The fourth-order valence-corrected chi connectivity index (χ4v) is 3.09. The standard InChI is InChI=1S/C17H13ClN4O3/c1-24-14-8-13(15(25-2)7-11(14)18)22-16(23)10-5-3-4-6-12(10)21-9-19-20-17(21)22/h3-9H,1-2H3. The summed E-state index contributed by atoms with van der Waals surface area (Å²) < 4.78 is 13.9. The lowest BCUT2D eigenvalue weighted by Gasteiger charge is -2.15. The normalized spacial score (nSPS) is 11.2. The molecule has 0 bridgehead atoms. The van der Waals surface area contributed by atoms with Crippen LogP contribution in [0.1, 0.15) is 0 Å². The molecule has 0 aliphatic heterocycles. The summed E-state index contributed by atoms with van der Waals surface area (Å²) in [6.45, 7) is 0. The molecule has 0 amide bonds. The van der Waals surface area contributed by atoms with Crippen LogP contribution in [0.4, 0.5) is 0 Å². The van der Waals surface area contributed by atoms with E-state index in [2.05, 4.69) is 10.2 Å². The molecule has 0 spiro atoms. The first-order valence-electron chi connectivity index (χ1n) is 7.41. The van der Waals surface area contributed by atoms with Crippen molar-refractivity contribution in [1.82, 2.24) is 19.2 Å². The first-order chi connectivity index (χ1) is 12.2. The van der Waals surface area contributed by atoms with Gasteiger partial charge >= 0.3 is 0 Å². The molecule has 0 unspecified atom stereocenters. The van der Waals surface area contributed by atoms with Crippen molar-refractivity contribution in [3.8, 4) is 17.2 Å². The lowest BCUT2D eigenvalue weighted by atomic mass is 10.2. The predicted molar refractivity (Wildman–Crippen MR) is 94.2 cm³/mol. The summed E-state index contributed by atoms with van der Waals surface area (Å²) in [5, 5.41) is 8.97. The minimum atomic E-state index is -0.237. The van der Waals surface area contributed by atoms with Crippen molar-refractivity contribution in [1.29, 1.82) is 0 Å². The topological polar surface area (TPSA) is 70.7 Å². The predicted octanol–water partition coefficient (Wildman–Crippen LogP) is 2.70. The van der Waals surface area contributed by atoms with E-state index in [0.717, 1.165) is 5.52 Å². The Kier molecular flexibility index (Phi) is 3.58. The van der Waals surface area contributed by atoms with Crippen molar-refractivity contribution in [3.05, 3.63) is 58.1 Å². The summed E-state index contributed by atoms with van der Waals surface area (Å²) in [5.74, 6) is 1.22. The van der Waals surface area contributed by atoms with Gasteiger partial charge in [-0.05, 0) is 12.1 Å². The van der Waals surface area contributed by atoms with E-state index in [-0.39, 0.29) is 5.56 Å². The Balaban J connectivity index is 2.19. The SMILES string of the molecule is COc1cc(-n2c(=O)c3ccccc3n3cnnc23)c(OC)cc1Cl. The quantitative estimate of drug-likeness (QED) is 0.564. The number of hydrogen-bond donors (Lipinski definition) is 0. The van der Waals surface area contributed by atoms with Gasteiger partial charge in [0.1, 0.15) is 17.8 Å². The highest BCUT2D eigenvalue weighted by Gasteiger charge is 2.19. The Morgan fingerprint density at radius 1 is 1.08 bits per heavy atom. The van der Waals surface area contributed by atoms with E-state index in [4.69, 9.17) is 21.1 Å². The van der Waals surface area contributed by atoms with Gasteiger partial charge in [-0.25, -0.2) is 4.57 Å². The Labute approximate surface area is 147 Å². The fourth-order valence-electron chi connectivity index (χ4n) is 2.86. The van der Waals surface area contributed by atoms with Gasteiger partial charge < -0.3 is 9.47 Å². The number of fused-ring (bicyclic) bond motifs is 3. The first kappa shape index (κ1) is 15.5. The summed E-state index contributed by atoms with van der Waals surface area (Å²) in [6, 6.07) is 10.5. The summed E-state index contributed by atoms with van der Waals surface area (Å²) in [5.41, 5.74) is 0.958. The number of benzene rings is 2. The first-order valence-corrected chi connectivity index (χ1v) is 7.79. The van der Waals surface area contributed by atoms with Crippen LogP contribution >= 0.6 is 11.6 Å². The van der Waals surface area contributed by atoms with Crippen LogP contribution in [0.15, 0.2) is 47.5 Å². The minimum Gasteiger partial charge on any atom is -0.495 e. The molecule has 0 fully saturated rings. The molecule has 2 aromatic carbocycles. The molecule has 0 aliphatic carbocycles. The van der Waals surface area contributed by atoms with Crippen molar-refractivity contribution < 1.29 is 9.47 Å². The largest absolute Gasteiger partial charge is 0.495 e. The third-order valence-corrected chi connectivity index (χ3v) is 4.32. The number of methoxy groups -OCH3 is 2. The van der Waals surface area contributed by atoms with Gasteiger partial charge in [-0.3, -0.25) is 9.20 Å². The van der Waals surface area contributed by atoms with Gasteiger partial charge in [0.25, 0.3) is 5.56 Å². The third kappa shape index (κ3) is 2.24. The molecule has 7 nitrogen and oxygen atoms in total. The zero-order valence-corrected chi connectivity index (χ0v) is 14.2. The maximum Gasteiger partial charge on any atom is 0.267 e. The summed E-state index contributed by atoms with van der Waals surface area (Å²) in [4.78, 5) is 13.1. The van der Waals surface area contributed by atoms with Gasteiger partial charge in [0, 0.05) is 12.1 Å². The van der Waals surface area contributed by atoms with Crippen LogP contribution in [0.5, 0.6) is 11.5 Å². The molecule has 8 heteroatoms. The molecule has 0 radical (unpaired) electrons.